The van der Waals surface area contributed by atoms with Gasteiger partial charge in [-0.3, -0.25) is 9.20 Å². The maximum atomic E-state index is 13.1. The highest BCUT2D eigenvalue weighted by Gasteiger charge is 2.11. The van der Waals surface area contributed by atoms with Crippen molar-refractivity contribution in [3.63, 3.8) is 0 Å². The number of aromatic amines is 1. The molecule has 6 nitrogen and oxygen atoms in total. The van der Waals surface area contributed by atoms with Crippen molar-refractivity contribution in [1.29, 1.82) is 0 Å². The van der Waals surface area contributed by atoms with Gasteiger partial charge in [-0.2, -0.15) is 0 Å². The molecule has 2 N–H and O–H groups in total. The smallest absolute Gasteiger partial charge is 0.268 e. The third kappa shape index (κ3) is 3.81. The Morgan fingerprint density at radius 3 is 2.79 bits per heavy atom. The first kappa shape index (κ1) is 17.6. The van der Waals surface area contributed by atoms with E-state index >= 15 is 0 Å². The maximum Gasteiger partial charge on any atom is 0.268 e. The van der Waals surface area contributed by atoms with Gasteiger partial charge in [-0.25, -0.2) is 15.0 Å². The van der Waals surface area contributed by atoms with Crippen molar-refractivity contribution in [3.8, 4) is 0 Å². The summed E-state index contributed by atoms with van der Waals surface area (Å²) in [5.74, 6) is 0.515. The van der Waals surface area contributed by atoms with Crippen molar-refractivity contribution in [2.24, 2.45) is 4.99 Å². The van der Waals surface area contributed by atoms with Crippen molar-refractivity contribution in [2.75, 3.05) is 5.32 Å². The first-order valence-electron chi connectivity index (χ1n) is 9.02. The standard InChI is InChI=1S/C22H19N5O/c1-16-9-10-20-26-21(25-12-17-6-3-2-4-7-17)19(22(28)27(20)15-16)14-24-18-8-5-11-23-13-18/h2-11,13-15,25H,12H2,1H3/p+1. The second-order valence-corrected chi connectivity index (χ2v) is 6.47. The molecule has 6 heteroatoms. The van der Waals surface area contributed by atoms with Crippen LogP contribution in [0.1, 0.15) is 16.7 Å². The molecule has 3 heterocycles. The van der Waals surface area contributed by atoms with Gasteiger partial charge < -0.3 is 5.32 Å². The Labute approximate surface area is 162 Å². The minimum atomic E-state index is -0.159. The zero-order valence-electron chi connectivity index (χ0n) is 15.5. The molecule has 0 bridgehead atoms. The highest BCUT2D eigenvalue weighted by atomic mass is 16.1. The van der Waals surface area contributed by atoms with E-state index in [0.717, 1.165) is 16.8 Å². The van der Waals surface area contributed by atoms with Crippen molar-refractivity contribution < 1.29 is 4.98 Å². The maximum absolute atomic E-state index is 13.1. The summed E-state index contributed by atoms with van der Waals surface area (Å²) in [6.07, 6.45) is 6.94. The SMILES string of the molecule is Cc1ccc2nc(NCc3ccccc3)c(C=Nc3ccc[nH+]c3)c(=O)n2c1. The van der Waals surface area contributed by atoms with E-state index in [9.17, 15) is 4.79 Å². The summed E-state index contributed by atoms with van der Waals surface area (Å²) >= 11 is 0. The van der Waals surface area contributed by atoms with Crippen LogP contribution in [0.25, 0.3) is 5.65 Å². The average molecular weight is 370 g/mol. The molecule has 0 spiro atoms. The molecule has 3 aromatic heterocycles. The normalized spacial score (nSPS) is 11.2. The summed E-state index contributed by atoms with van der Waals surface area (Å²) < 4.78 is 1.56. The van der Waals surface area contributed by atoms with Crippen molar-refractivity contribution in [2.45, 2.75) is 13.5 Å². The summed E-state index contributed by atoms with van der Waals surface area (Å²) in [4.78, 5) is 25.2. The Morgan fingerprint density at radius 2 is 2.00 bits per heavy atom. The molecule has 0 unspecified atom stereocenters. The van der Waals surface area contributed by atoms with Gasteiger partial charge in [0.2, 0.25) is 0 Å². The van der Waals surface area contributed by atoms with Gasteiger partial charge in [0.05, 0.1) is 0 Å². The lowest BCUT2D eigenvalue weighted by Crippen LogP contribution is -2.22. The number of hydrogen-bond acceptors (Lipinski definition) is 4. The first-order chi connectivity index (χ1) is 13.7. The largest absolute Gasteiger partial charge is 0.365 e. The van der Waals surface area contributed by atoms with Crippen LogP contribution in [0.5, 0.6) is 0 Å². The summed E-state index contributed by atoms with van der Waals surface area (Å²) in [5, 5.41) is 3.29. The fraction of sp³-hybridized carbons (Fsp3) is 0.0909. The van der Waals surface area contributed by atoms with Gasteiger partial charge in [0.25, 0.3) is 5.56 Å². The topological polar surface area (TPSA) is 72.9 Å². The van der Waals surface area contributed by atoms with Crippen LogP contribution in [0.2, 0.25) is 0 Å². The van der Waals surface area contributed by atoms with E-state index in [1.807, 2.05) is 61.5 Å². The fourth-order valence-corrected chi connectivity index (χ4v) is 2.89. The third-order valence-corrected chi connectivity index (χ3v) is 4.34. The van der Waals surface area contributed by atoms with E-state index in [4.69, 9.17) is 0 Å². The predicted molar refractivity (Wildman–Crippen MR) is 110 cm³/mol. The molecule has 0 saturated carbocycles. The van der Waals surface area contributed by atoms with Gasteiger partial charge in [0.15, 0.2) is 12.4 Å². The van der Waals surface area contributed by atoms with Gasteiger partial charge in [0.1, 0.15) is 22.7 Å². The van der Waals surface area contributed by atoms with Gasteiger partial charge in [-0.1, -0.05) is 36.4 Å². The number of benzene rings is 1. The van der Waals surface area contributed by atoms with E-state index in [1.54, 1.807) is 29.2 Å². The quantitative estimate of drug-likeness (QED) is 0.549. The molecule has 28 heavy (non-hydrogen) atoms. The number of aliphatic imine (C=N–C) groups is 1. The number of rotatable bonds is 5. The van der Waals surface area contributed by atoms with Crippen LogP contribution in [-0.2, 0) is 6.54 Å². The van der Waals surface area contributed by atoms with E-state index in [2.05, 4.69) is 20.3 Å². The first-order valence-corrected chi connectivity index (χ1v) is 9.02. The molecule has 0 aliphatic rings. The van der Waals surface area contributed by atoms with E-state index < -0.39 is 0 Å². The minimum absolute atomic E-state index is 0.159. The summed E-state index contributed by atoms with van der Waals surface area (Å²) in [6.45, 7) is 2.51. The van der Waals surface area contributed by atoms with Crippen LogP contribution in [0.15, 0.2) is 83.0 Å². The number of nitrogens with one attached hydrogen (secondary N) is 2. The number of fused-ring (bicyclic) bond motifs is 1. The summed E-state index contributed by atoms with van der Waals surface area (Å²) in [7, 11) is 0. The molecule has 0 aliphatic heterocycles. The van der Waals surface area contributed by atoms with Crippen LogP contribution in [-0.4, -0.2) is 15.6 Å². The summed E-state index contributed by atoms with van der Waals surface area (Å²) in [6, 6.07) is 17.5. The van der Waals surface area contributed by atoms with Gasteiger partial charge >= 0.3 is 0 Å². The average Bonchev–Trinajstić information content (AvgIpc) is 2.74. The van der Waals surface area contributed by atoms with Gasteiger partial charge in [-0.15, -0.1) is 0 Å². The molecule has 0 amide bonds. The van der Waals surface area contributed by atoms with Crippen LogP contribution >= 0.6 is 0 Å². The number of hydrogen-bond donors (Lipinski definition) is 1. The molecule has 0 fully saturated rings. The molecule has 0 atom stereocenters. The number of anilines is 1. The molecule has 1 aromatic carbocycles. The number of pyridine rings is 2. The highest BCUT2D eigenvalue weighted by molar-refractivity contribution is 5.88. The van der Waals surface area contributed by atoms with Gasteiger partial charge in [-0.05, 0) is 30.2 Å². The molecule has 0 radical (unpaired) electrons. The lowest BCUT2D eigenvalue weighted by molar-refractivity contribution is -0.377. The van der Waals surface area contributed by atoms with E-state index in [-0.39, 0.29) is 5.56 Å². The number of H-pyrrole nitrogens is 1. The van der Waals surface area contributed by atoms with Crippen molar-refractivity contribution in [3.05, 3.63) is 100 Å². The van der Waals surface area contributed by atoms with E-state index in [1.165, 1.54) is 0 Å². The third-order valence-electron chi connectivity index (χ3n) is 4.34. The number of aromatic nitrogens is 3. The second kappa shape index (κ2) is 7.84. The second-order valence-electron chi connectivity index (χ2n) is 6.47. The molecule has 4 rings (SSSR count). The van der Waals surface area contributed by atoms with Crippen LogP contribution in [0.3, 0.4) is 0 Å². The predicted octanol–water partition coefficient (Wildman–Crippen LogP) is 3.18. The molecule has 0 aliphatic carbocycles. The zero-order chi connectivity index (χ0) is 19.3. The Balaban J connectivity index is 1.78. The summed E-state index contributed by atoms with van der Waals surface area (Å²) in [5.41, 5.74) is 3.67. The molecule has 138 valence electrons. The lowest BCUT2D eigenvalue weighted by Gasteiger charge is -2.11. The molecule has 0 saturated heterocycles. The molecule has 4 aromatic rings. The van der Waals surface area contributed by atoms with E-state index in [0.29, 0.717) is 23.6 Å². The Kier molecular flexibility index (Phi) is 4.93. The van der Waals surface area contributed by atoms with Gasteiger partial charge in [0, 0.05) is 25.0 Å². The van der Waals surface area contributed by atoms with Crippen molar-refractivity contribution in [1.82, 2.24) is 9.38 Å². The van der Waals surface area contributed by atoms with Crippen LogP contribution in [0, 0.1) is 6.92 Å². The monoisotopic (exact) mass is 370 g/mol. The number of aryl methyl sites for hydroxylation is 1. The molecular weight excluding hydrogens is 350 g/mol. The Bertz CT molecular complexity index is 1180. The Hall–Kier alpha value is -3.80. The number of nitrogens with zero attached hydrogens (tertiary/aromatic N) is 3. The lowest BCUT2D eigenvalue weighted by atomic mass is 10.2. The minimum Gasteiger partial charge on any atom is -0.365 e. The van der Waals surface area contributed by atoms with Crippen LogP contribution < -0.4 is 15.9 Å². The molecular formula is C22H20N5O+. The zero-order valence-corrected chi connectivity index (χ0v) is 15.5. The van der Waals surface area contributed by atoms with Crippen molar-refractivity contribution >= 4 is 23.4 Å². The fourth-order valence-electron chi connectivity index (χ4n) is 2.89. The Morgan fingerprint density at radius 1 is 1.14 bits per heavy atom. The highest BCUT2D eigenvalue weighted by Crippen LogP contribution is 2.14. The van der Waals surface area contributed by atoms with Crippen LogP contribution in [0.4, 0.5) is 11.5 Å².